The molecule has 2 N–H and O–H groups in total. The van der Waals surface area contributed by atoms with Crippen LogP contribution in [0.15, 0.2) is 23.7 Å². The molecule has 0 aliphatic carbocycles. The monoisotopic (exact) mass is 291 g/mol. The van der Waals surface area contributed by atoms with Crippen molar-refractivity contribution in [2.75, 3.05) is 11.9 Å². The van der Waals surface area contributed by atoms with Crippen LogP contribution in [0, 0.1) is 0 Å². The maximum Gasteiger partial charge on any atom is 0.335 e. The average Bonchev–Trinajstić information content (AvgIpc) is 2.91. The molecule has 106 valence electrons. The van der Waals surface area contributed by atoms with Gasteiger partial charge >= 0.3 is 5.97 Å². The smallest absolute Gasteiger partial charge is 0.335 e. The lowest BCUT2D eigenvalue weighted by atomic mass is 10.1. The number of pyridine rings is 1. The number of carboxylic acids is 1. The molecule has 0 atom stereocenters. The second-order valence-corrected chi connectivity index (χ2v) is 5.71. The van der Waals surface area contributed by atoms with Crippen molar-refractivity contribution in [1.82, 2.24) is 9.97 Å². The Morgan fingerprint density at radius 1 is 1.45 bits per heavy atom. The summed E-state index contributed by atoms with van der Waals surface area (Å²) in [6, 6.07) is 3.19. The first kappa shape index (κ1) is 14.5. The van der Waals surface area contributed by atoms with E-state index < -0.39 is 5.97 Å². The fourth-order valence-corrected chi connectivity index (χ4v) is 2.36. The van der Waals surface area contributed by atoms with Crippen LogP contribution >= 0.6 is 11.3 Å². The Hall–Kier alpha value is -1.95. The van der Waals surface area contributed by atoms with Crippen LogP contribution in [0.2, 0.25) is 0 Å². The molecule has 2 heterocycles. The highest BCUT2D eigenvalue weighted by Crippen LogP contribution is 2.18. The van der Waals surface area contributed by atoms with Gasteiger partial charge in [-0.25, -0.2) is 14.8 Å². The van der Waals surface area contributed by atoms with Gasteiger partial charge in [0.25, 0.3) is 0 Å². The Labute approximate surface area is 121 Å². The summed E-state index contributed by atoms with van der Waals surface area (Å²) in [6.07, 6.45) is 2.58. The van der Waals surface area contributed by atoms with Crippen molar-refractivity contribution in [3.05, 3.63) is 40.0 Å². The van der Waals surface area contributed by atoms with Crippen LogP contribution in [0.4, 0.5) is 5.82 Å². The van der Waals surface area contributed by atoms with Crippen LogP contribution < -0.4 is 5.32 Å². The van der Waals surface area contributed by atoms with Gasteiger partial charge in [-0.05, 0) is 18.1 Å². The summed E-state index contributed by atoms with van der Waals surface area (Å²) in [5.41, 5.74) is 1.04. The standard InChI is InChI=1S/C14H17N3O2S/c1-9(2)11-7-10(14(18)19)8-12(17-11)15-4-3-13-16-5-6-20-13/h5-9H,3-4H2,1-2H3,(H,15,17)(H,18,19). The first-order valence-electron chi connectivity index (χ1n) is 6.44. The maximum atomic E-state index is 11.1. The molecular weight excluding hydrogens is 274 g/mol. The van der Waals surface area contributed by atoms with Gasteiger partial charge in [0, 0.05) is 30.2 Å². The molecule has 0 saturated carbocycles. The zero-order valence-corrected chi connectivity index (χ0v) is 12.3. The number of rotatable bonds is 6. The van der Waals surface area contributed by atoms with Gasteiger partial charge in [0.05, 0.1) is 10.6 Å². The second kappa shape index (κ2) is 6.47. The van der Waals surface area contributed by atoms with E-state index in [0.29, 0.717) is 12.4 Å². The van der Waals surface area contributed by atoms with Crippen LogP contribution in [0.1, 0.15) is 40.8 Å². The maximum absolute atomic E-state index is 11.1. The number of anilines is 1. The molecule has 0 fully saturated rings. The number of carboxylic acid groups (broad SMARTS) is 1. The van der Waals surface area contributed by atoms with E-state index in [1.54, 1.807) is 29.7 Å². The molecular formula is C14H17N3O2S. The average molecular weight is 291 g/mol. The molecule has 0 aliphatic heterocycles. The molecule has 0 amide bonds. The lowest BCUT2D eigenvalue weighted by Gasteiger charge is -2.10. The predicted octanol–water partition coefficient (Wildman–Crippen LogP) is 3.01. The van der Waals surface area contributed by atoms with Crippen molar-refractivity contribution in [3.63, 3.8) is 0 Å². The Morgan fingerprint density at radius 2 is 2.25 bits per heavy atom. The minimum atomic E-state index is -0.933. The lowest BCUT2D eigenvalue weighted by molar-refractivity contribution is 0.0696. The summed E-state index contributed by atoms with van der Waals surface area (Å²) >= 11 is 1.61. The fraction of sp³-hybridized carbons (Fsp3) is 0.357. The van der Waals surface area contributed by atoms with E-state index in [1.165, 1.54) is 0 Å². The molecule has 0 aliphatic rings. The molecule has 0 saturated heterocycles. The quantitative estimate of drug-likeness (QED) is 0.855. The molecule has 0 radical (unpaired) electrons. The van der Waals surface area contributed by atoms with E-state index in [2.05, 4.69) is 15.3 Å². The van der Waals surface area contributed by atoms with E-state index in [9.17, 15) is 4.79 Å². The molecule has 20 heavy (non-hydrogen) atoms. The van der Waals surface area contributed by atoms with Crippen molar-refractivity contribution < 1.29 is 9.90 Å². The van der Waals surface area contributed by atoms with E-state index in [1.807, 2.05) is 19.2 Å². The Bertz CT molecular complexity index is 582. The number of nitrogens with zero attached hydrogens (tertiary/aromatic N) is 2. The number of aromatic nitrogens is 2. The second-order valence-electron chi connectivity index (χ2n) is 4.73. The molecule has 0 bridgehead atoms. The number of aromatic carboxylic acids is 1. The molecule has 0 aromatic carbocycles. The van der Waals surface area contributed by atoms with Gasteiger partial charge in [-0.15, -0.1) is 11.3 Å². The first-order chi connectivity index (χ1) is 9.56. The largest absolute Gasteiger partial charge is 0.478 e. The van der Waals surface area contributed by atoms with E-state index in [0.717, 1.165) is 17.1 Å². The Balaban J connectivity index is 2.07. The number of thiazole rings is 1. The third kappa shape index (κ3) is 3.77. The Morgan fingerprint density at radius 3 is 2.85 bits per heavy atom. The highest BCUT2D eigenvalue weighted by Gasteiger charge is 2.10. The lowest BCUT2D eigenvalue weighted by Crippen LogP contribution is -2.09. The summed E-state index contributed by atoms with van der Waals surface area (Å²) in [7, 11) is 0. The van der Waals surface area contributed by atoms with Crippen molar-refractivity contribution >= 4 is 23.1 Å². The number of hydrogen-bond acceptors (Lipinski definition) is 5. The zero-order chi connectivity index (χ0) is 14.5. The summed E-state index contributed by atoms with van der Waals surface area (Å²) in [6.45, 7) is 4.67. The van der Waals surface area contributed by atoms with Crippen LogP contribution in [0.3, 0.4) is 0 Å². The summed E-state index contributed by atoms with van der Waals surface area (Å²) < 4.78 is 0. The minimum Gasteiger partial charge on any atom is -0.478 e. The molecule has 0 spiro atoms. The van der Waals surface area contributed by atoms with Crippen molar-refractivity contribution in [2.45, 2.75) is 26.2 Å². The summed E-state index contributed by atoms with van der Waals surface area (Å²) in [5.74, 6) is -0.142. The minimum absolute atomic E-state index is 0.189. The molecule has 6 heteroatoms. The zero-order valence-electron chi connectivity index (χ0n) is 11.5. The number of nitrogens with one attached hydrogen (secondary N) is 1. The third-order valence-corrected chi connectivity index (χ3v) is 3.65. The van der Waals surface area contributed by atoms with Gasteiger partial charge in [0.15, 0.2) is 0 Å². The molecule has 5 nitrogen and oxygen atoms in total. The van der Waals surface area contributed by atoms with E-state index in [-0.39, 0.29) is 11.5 Å². The topological polar surface area (TPSA) is 75.1 Å². The van der Waals surface area contributed by atoms with Crippen molar-refractivity contribution in [2.24, 2.45) is 0 Å². The highest BCUT2D eigenvalue weighted by molar-refractivity contribution is 7.09. The fourth-order valence-electron chi connectivity index (χ4n) is 1.74. The molecule has 2 rings (SSSR count). The van der Waals surface area contributed by atoms with Gasteiger partial charge in [-0.1, -0.05) is 13.8 Å². The van der Waals surface area contributed by atoms with Crippen molar-refractivity contribution in [3.8, 4) is 0 Å². The van der Waals surface area contributed by atoms with Crippen LogP contribution in [0.25, 0.3) is 0 Å². The Kier molecular flexibility index (Phi) is 4.68. The molecule has 2 aromatic rings. The van der Waals surface area contributed by atoms with Crippen LogP contribution in [0.5, 0.6) is 0 Å². The van der Waals surface area contributed by atoms with Crippen molar-refractivity contribution in [1.29, 1.82) is 0 Å². The van der Waals surface area contributed by atoms with E-state index in [4.69, 9.17) is 5.11 Å². The summed E-state index contributed by atoms with van der Waals surface area (Å²) in [4.78, 5) is 19.8. The highest BCUT2D eigenvalue weighted by atomic mass is 32.1. The molecule has 0 unspecified atom stereocenters. The van der Waals surface area contributed by atoms with Gasteiger partial charge in [0.1, 0.15) is 5.82 Å². The van der Waals surface area contributed by atoms with Gasteiger partial charge in [-0.3, -0.25) is 0 Å². The summed E-state index contributed by atoms with van der Waals surface area (Å²) in [5, 5.41) is 15.3. The third-order valence-electron chi connectivity index (χ3n) is 2.81. The van der Waals surface area contributed by atoms with Crippen LogP contribution in [-0.2, 0) is 6.42 Å². The number of carbonyl (C=O) groups is 1. The van der Waals surface area contributed by atoms with Gasteiger partial charge in [-0.2, -0.15) is 0 Å². The normalized spacial score (nSPS) is 10.8. The first-order valence-corrected chi connectivity index (χ1v) is 7.31. The SMILES string of the molecule is CC(C)c1cc(C(=O)O)cc(NCCc2nccs2)n1. The van der Waals surface area contributed by atoms with E-state index >= 15 is 0 Å². The molecule has 2 aromatic heterocycles. The predicted molar refractivity (Wildman–Crippen MR) is 79.6 cm³/mol. The van der Waals surface area contributed by atoms with Crippen LogP contribution in [-0.4, -0.2) is 27.6 Å². The number of hydrogen-bond donors (Lipinski definition) is 2. The van der Waals surface area contributed by atoms with Gasteiger partial charge in [0.2, 0.25) is 0 Å². The van der Waals surface area contributed by atoms with Gasteiger partial charge < -0.3 is 10.4 Å².